The van der Waals surface area contributed by atoms with Gasteiger partial charge < -0.3 is 4.74 Å². The summed E-state index contributed by atoms with van der Waals surface area (Å²) in [5, 5.41) is 0. The van der Waals surface area contributed by atoms with Crippen molar-refractivity contribution in [2.45, 2.75) is 44.4 Å². The summed E-state index contributed by atoms with van der Waals surface area (Å²) in [7, 11) is 1.72. The lowest BCUT2D eigenvalue weighted by atomic mass is 10.2. The molecule has 1 saturated heterocycles. The maximum absolute atomic E-state index is 5.27. The van der Waals surface area contributed by atoms with E-state index in [1.165, 1.54) is 25.1 Å². The highest BCUT2D eigenvalue weighted by atomic mass is 32.2. The zero-order chi connectivity index (χ0) is 12.2. The summed E-state index contributed by atoms with van der Waals surface area (Å²) in [6.45, 7) is 13.1. The number of nitrogens with zero attached hydrogens (tertiary/aromatic N) is 1. The number of ether oxygens (including phenoxy) is 1. The maximum atomic E-state index is 5.27. The molecule has 2 nitrogen and oxygen atoms in total. The fourth-order valence-corrected chi connectivity index (χ4v) is 3.00. The predicted molar refractivity (Wildman–Crippen MR) is 73.0 cm³/mol. The van der Waals surface area contributed by atoms with E-state index in [1.54, 1.807) is 7.11 Å². The third-order valence-electron chi connectivity index (χ3n) is 2.91. The average Bonchev–Trinajstić information content (AvgIpc) is 2.63. The Hall–Kier alpha value is -0.150. The molecule has 0 aromatic heterocycles. The monoisotopic (exact) mass is 243 g/mol. The molecule has 1 heterocycles. The number of hydrogen-bond donors (Lipinski definition) is 0. The van der Waals surface area contributed by atoms with Crippen LogP contribution in [0, 0.1) is 0 Å². The summed E-state index contributed by atoms with van der Waals surface area (Å²) in [6, 6.07) is 0.450. The van der Waals surface area contributed by atoms with Crippen LogP contribution in [0.25, 0.3) is 0 Å². The maximum Gasteiger partial charge on any atom is 0.105 e. The van der Waals surface area contributed by atoms with Crippen LogP contribution in [0.2, 0.25) is 0 Å². The fraction of sp³-hybridized carbons (Fsp3) is 0.846. The van der Waals surface area contributed by atoms with Crippen LogP contribution in [0.4, 0.5) is 0 Å². The normalized spacial score (nSPS) is 22.4. The van der Waals surface area contributed by atoms with Gasteiger partial charge in [-0.2, -0.15) is 11.8 Å². The molecule has 3 heteroatoms. The van der Waals surface area contributed by atoms with Gasteiger partial charge in [0.25, 0.3) is 0 Å². The Morgan fingerprint density at radius 2 is 2.19 bits per heavy atom. The highest BCUT2D eigenvalue weighted by Gasteiger charge is 2.27. The number of rotatable bonds is 5. The molecule has 0 aliphatic carbocycles. The topological polar surface area (TPSA) is 12.5 Å². The van der Waals surface area contributed by atoms with Gasteiger partial charge in [0.2, 0.25) is 0 Å². The number of methoxy groups -OCH3 is 1. The second kappa shape index (κ2) is 5.97. The Balaban J connectivity index is 2.33. The van der Waals surface area contributed by atoms with Gasteiger partial charge in [-0.3, -0.25) is 4.90 Å². The predicted octanol–water partition coefficient (Wildman–Crippen LogP) is 3.14. The highest BCUT2D eigenvalue weighted by molar-refractivity contribution is 8.00. The molecule has 1 fully saturated rings. The van der Waals surface area contributed by atoms with Crippen molar-refractivity contribution in [3.05, 3.63) is 12.3 Å². The van der Waals surface area contributed by atoms with Crippen LogP contribution in [0.15, 0.2) is 12.3 Å². The third kappa shape index (κ3) is 4.38. The molecule has 0 bridgehead atoms. The zero-order valence-corrected chi connectivity index (χ0v) is 11.9. The van der Waals surface area contributed by atoms with E-state index in [-0.39, 0.29) is 0 Å². The first kappa shape index (κ1) is 13.9. The molecule has 16 heavy (non-hydrogen) atoms. The van der Waals surface area contributed by atoms with Gasteiger partial charge in [-0.15, -0.1) is 0 Å². The Morgan fingerprint density at radius 3 is 2.75 bits per heavy atom. The van der Waals surface area contributed by atoms with Gasteiger partial charge in [-0.25, -0.2) is 0 Å². The van der Waals surface area contributed by atoms with Crippen molar-refractivity contribution in [2.75, 3.05) is 26.0 Å². The van der Waals surface area contributed by atoms with Crippen LogP contribution in [0.1, 0.15) is 33.6 Å². The van der Waals surface area contributed by atoms with Crippen molar-refractivity contribution in [3.63, 3.8) is 0 Å². The molecule has 0 spiro atoms. The van der Waals surface area contributed by atoms with E-state index in [9.17, 15) is 0 Å². The molecule has 1 atom stereocenters. The molecular formula is C13H25NOS. The van der Waals surface area contributed by atoms with E-state index in [4.69, 9.17) is 4.74 Å². The average molecular weight is 243 g/mol. The lowest BCUT2D eigenvalue weighted by molar-refractivity contribution is 0.192. The van der Waals surface area contributed by atoms with Gasteiger partial charge in [-0.05, 0) is 19.4 Å². The molecule has 94 valence electrons. The van der Waals surface area contributed by atoms with Crippen molar-refractivity contribution in [3.8, 4) is 0 Å². The van der Waals surface area contributed by atoms with E-state index < -0.39 is 0 Å². The lowest BCUT2D eigenvalue weighted by Gasteiger charge is -2.26. The van der Waals surface area contributed by atoms with Gasteiger partial charge in [0, 0.05) is 17.0 Å². The summed E-state index contributed by atoms with van der Waals surface area (Å²) < 4.78 is 5.64. The molecule has 1 rings (SSSR count). The van der Waals surface area contributed by atoms with Crippen LogP contribution in [0.3, 0.4) is 0 Å². The van der Waals surface area contributed by atoms with E-state index in [0.29, 0.717) is 10.8 Å². The van der Waals surface area contributed by atoms with Crippen LogP contribution < -0.4 is 0 Å². The smallest absolute Gasteiger partial charge is 0.105 e. The highest BCUT2D eigenvalue weighted by Crippen LogP contribution is 2.26. The van der Waals surface area contributed by atoms with Crippen LogP contribution in [0.5, 0.6) is 0 Å². The second-order valence-electron chi connectivity index (χ2n) is 5.33. The standard InChI is InChI=1S/C13H25NOS/c1-11(15-5)12-7-6-8-14(12)9-10-16-13(2,3)4/h12H,1,6-10H2,2-5H3. The van der Waals surface area contributed by atoms with Crippen molar-refractivity contribution in [1.29, 1.82) is 0 Å². The van der Waals surface area contributed by atoms with Crippen molar-refractivity contribution < 1.29 is 4.74 Å². The summed E-state index contributed by atoms with van der Waals surface area (Å²) in [4.78, 5) is 2.50. The third-order valence-corrected chi connectivity index (χ3v) is 4.16. The van der Waals surface area contributed by atoms with Crippen LogP contribution in [-0.4, -0.2) is 41.6 Å². The molecule has 0 N–H and O–H groups in total. The Morgan fingerprint density at radius 1 is 1.50 bits per heavy atom. The first-order chi connectivity index (χ1) is 7.44. The molecule has 0 amide bonds. The molecule has 0 aromatic rings. The molecule has 1 aliphatic heterocycles. The molecule has 0 saturated carbocycles. The van der Waals surface area contributed by atoms with E-state index in [0.717, 1.165) is 12.3 Å². The van der Waals surface area contributed by atoms with Gasteiger partial charge >= 0.3 is 0 Å². The molecule has 1 aliphatic rings. The van der Waals surface area contributed by atoms with Gasteiger partial charge in [-0.1, -0.05) is 27.4 Å². The molecule has 0 aromatic carbocycles. The first-order valence-electron chi connectivity index (χ1n) is 6.05. The Labute approximate surface area is 104 Å². The largest absolute Gasteiger partial charge is 0.500 e. The zero-order valence-electron chi connectivity index (χ0n) is 11.1. The van der Waals surface area contributed by atoms with Crippen LogP contribution in [-0.2, 0) is 4.74 Å². The number of hydrogen-bond acceptors (Lipinski definition) is 3. The number of likely N-dealkylation sites (tertiary alicyclic amines) is 1. The lowest BCUT2D eigenvalue weighted by Crippen LogP contribution is -2.33. The van der Waals surface area contributed by atoms with Crippen LogP contribution >= 0.6 is 11.8 Å². The molecular weight excluding hydrogens is 218 g/mol. The minimum atomic E-state index is 0.369. The summed E-state index contributed by atoms with van der Waals surface area (Å²) >= 11 is 2.03. The van der Waals surface area contributed by atoms with Crippen molar-refractivity contribution >= 4 is 11.8 Å². The van der Waals surface area contributed by atoms with Gasteiger partial charge in [0.1, 0.15) is 5.76 Å². The van der Waals surface area contributed by atoms with E-state index in [1.807, 2.05) is 11.8 Å². The second-order valence-corrected chi connectivity index (χ2v) is 7.25. The van der Waals surface area contributed by atoms with Gasteiger partial charge in [0.15, 0.2) is 0 Å². The first-order valence-corrected chi connectivity index (χ1v) is 7.03. The van der Waals surface area contributed by atoms with E-state index >= 15 is 0 Å². The fourth-order valence-electron chi connectivity index (χ4n) is 2.06. The Kier molecular flexibility index (Phi) is 5.19. The SMILES string of the molecule is C=C(OC)C1CCCN1CCSC(C)(C)C. The van der Waals surface area contributed by atoms with E-state index in [2.05, 4.69) is 32.3 Å². The quantitative estimate of drug-likeness (QED) is 0.688. The summed E-state index contributed by atoms with van der Waals surface area (Å²) in [6.07, 6.45) is 2.47. The van der Waals surface area contributed by atoms with Crippen molar-refractivity contribution in [2.24, 2.45) is 0 Å². The van der Waals surface area contributed by atoms with Crippen molar-refractivity contribution in [1.82, 2.24) is 4.90 Å². The molecule has 1 unspecified atom stereocenters. The summed E-state index contributed by atoms with van der Waals surface area (Å²) in [5.41, 5.74) is 0. The Bertz CT molecular complexity index is 235. The molecule has 0 radical (unpaired) electrons. The minimum Gasteiger partial charge on any atom is -0.500 e. The minimum absolute atomic E-state index is 0.369. The summed E-state index contributed by atoms with van der Waals surface area (Å²) in [5.74, 6) is 2.12. The van der Waals surface area contributed by atoms with Gasteiger partial charge in [0.05, 0.1) is 13.2 Å². The number of thioether (sulfide) groups is 1.